The van der Waals surface area contributed by atoms with Crippen LogP contribution in [0.1, 0.15) is 29.7 Å². The van der Waals surface area contributed by atoms with Crippen LogP contribution in [0.3, 0.4) is 0 Å². The summed E-state index contributed by atoms with van der Waals surface area (Å²) in [7, 11) is 0. The molecule has 34 heavy (non-hydrogen) atoms. The van der Waals surface area contributed by atoms with Gasteiger partial charge in [0.15, 0.2) is 0 Å². The number of benzene rings is 2. The number of aromatic nitrogens is 1. The first-order chi connectivity index (χ1) is 16.2. The normalized spacial score (nSPS) is 15.6. The van der Waals surface area contributed by atoms with Crippen LogP contribution in [0, 0.1) is 5.92 Å². The van der Waals surface area contributed by atoms with E-state index in [4.69, 9.17) is 11.6 Å². The maximum atomic E-state index is 13.6. The number of ether oxygens (including phenoxy) is 1. The monoisotopic (exact) mass is 492 g/mol. The van der Waals surface area contributed by atoms with E-state index in [9.17, 15) is 22.4 Å². The Balaban J connectivity index is 1.85. The lowest BCUT2D eigenvalue weighted by Gasteiger charge is -2.36. The number of carbonyl (C=O) groups excluding carboxylic acids is 1. The molecule has 1 atom stereocenters. The second-order valence-corrected chi connectivity index (χ2v) is 8.62. The first-order valence-corrected chi connectivity index (χ1v) is 11.0. The van der Waals surface area contributed by atoms with Crippen molar-refractivity contribution in [2.75, 3.05) is 0 Å². The van der Waals surface area contributed by atoms with Crippen LogP contribution >= 0.6 is 11.6 Å². The molecule has 1 amide bonds. The average molecular weight is 493 g/mol. The van der Waals surface area contributed by atoms with E-state index < -0.39 is 23.8 Å². The van der Waals surface area contributed by atoms with Crippen molar-refractivity contribution in [3.05, 3.63) is 94.8 Å². The molecule has 4 nitrogen and oxygen atoms in total. The molecule has 2 aromatic carbocycles. The zero-order valence-electron chi connectivity index (χ0n) is 17.9. The highest BCUT2D eigenvalue weighted by Crippen LogP contribution is 2.38. The van der Waals surface area contributed by atoms with Gasteiger partial charge in [-0.15, -0.1) is 0 Å². The van der Waals surface area contributed by atoms with Gasteiger partial charge in [-0.1, -0.05) is 54.1 Å². The van der Waals surface area contributed by atoms with E-state index in [1.54, 1.807) is 18.2 Å². The molecule has 0 aliphatic heterocycles. The highest BCUT2D eigenvalue weighted by Gasteiger charge is 2.45. The SMILES string of the molecule is O=C(NC(Cc1ccccc1)(c1cccc(OC(F)(F)C(F)F)c1)c1ccc(Cl)cn1)C1CC1. The van der Waals surface area contributed by atoms with Crippen molar-refractivity contribution in [3.8, 4) is 5.75 Å². The van der Waals surface area contributed by atoms with Gasteiger partial charge >= 0.3 is 12.5 Å². The van der Waals surface area contributed by atoms with Gasteiger partial charge in [0.25, 0.3) is 0 Å². The zero-order valence-corrected chi connectivity index (χ0v) is 18.6. The summed E-state index contributed by atoms with van der Waals surface area (Å²) in [4.78, 5) is 17.4. The van der Waals surface area contributed by atoms with Crippen molar-refractivity contribution in [2.45, 2.75) is 37.3 Å². The van der Waals surface area contributed by atoms with Crippen LogP contribution in [-0.2, 0) is 16.8 Å². The molecule has 0 radical (unpaired) electrons. The van der Waals surface area contributed by atoms with Crippen LogP contribution in [-0.4, -0.2) is 23.4 Å². The van der Waals surface area contributed by atoms with Crippen molar-refractivity contribution in [1.29, 1.82) is 0 Å². The van der Waals surface area contributed by atoms with E-state index in [0.29, 0.717) is 16.3 Å². The van der Waals surface area contributed by atoms with Crippen molar-refractivity contribution < 1.29 is 27.1 Å². The fourth-order valence-electron chi connectivity index (χ4n) is 3.74. The molecule has 1 aliphatic rings. The minimum Gasteiger partial charge on any atom is -0.428 e. The highest BCUT2D eigenvalue weighted by molar-refractivity contribution is 6.30. The summed E-state index contributed by atoms with van der Waals surface area (Å²) < 4.78 is 57.1. The summed E-state index contributed by atoms with van der Waals surface area (Å²) >= 11 is 6.04. The molecule has 0 saturated heterocycles. The Morgan fingerprint density at radius 3 is 2.44 bits per heavy atom. The van der Waals surface area contributed by atoms with Crippen molar-refractivity contribution in [1.82, 2.24) is 10.3 Å². The van der Waals surface area contributed by atoms with Crippen LogP contribution in [0.2, 0.25) is 5.02 Å². The number of hydrogen-bond donors (Lipinski definition) is 1. The number of nitrogens with one attached hydrogen (secondary N) is 1. The van der Waals surface area contributed by atoms with Crippen LogP contribution in [0.5, 0.6) is 5.75 Å². The molecule has 9 heteroatoms. The summed E-state index contributed by atoms with van der Waals surface area (Å²) in [6, 6.07) is 17.9. The van der Waals surface area contributed by atoms with Gasteiger partial charge in [-0.25, -0.2) is 0 Å². The first-order valence-electron chi connectivity index (χ1n) is 10.6. The third-order valence-corrected chi connectivity index (χ3v) is 5.82. The van der Waals surface area contributed by atoms with E-state index >= 15 is 0 Å². The molecule has 1 aliphatic carbocycles. The molecule has 1 fully saturated rings. The van der Waals surface area contributed by atoms with Gasteiger partial charge in [0.05, 0.1) is 10.7 Å². The Kier molecular flexibility index (Phi) is 6.79. The van der Waals surface area contributed by atoms with Crippen molar-refractivity contribution in [3.63, 3.8) is 0 Å². The second kappa shape index (κ2) is 9.62. The topological polar surface area (TPSA) is 51.2 Å². The minimum atomic E-state index is -4.67. The van der Waals surface area contributed by atoms with E-state index in [1.807, 2.05) is 30.3 Å². The van der Waals surface area contributed by atoms with Gasteiger partial charge in [0.2, 0.25) is 5.91 Å². The number of amides is 1. The van der Waals surface area contributed by atoms with E-state index in [-0.39, 0.29) is 18.2 Å². The molecule has 1 unspecified atom stereocenters. The molecule has 0 bridgehead atoms. The molecular formula is C25H21ClF4N2O2. The van der Waals surface area contributed by atoms with Gasteiger partial charge in [-0.3, -0.25) is 9.78 Å². The molecule has 1 saturated carbocycles. The summed E-state index contributed by atoms with van der Waals surface area (Å²) in [6.07, 6.45) is -5.55. The van der Waals surface area contributed by atoms with Gasteiger partial charge in [-0.05, 0) is 48.2 Å². The molecule has 178 valence electrons. The number of hydrogen-bond acceptors (Lipinski definition) is 3. The summed E-state index contributed by atoms with van der Waals surface area (Å²) in [5.74, 6) is -0.836. The molecule has 1 heterocycles. The third-order valence-electron chi connectivity index (χ3n) is 5.60. The van der Waals surface area contributed by atoms with E-state index in [2.05, 4.69) is 15.0 Å². The molecule has 3 aromatic rings. The predicted octanol–water partition coefficient (Wildman–Crippen LogP) is 5.98. The molecular weight excluding hydrogens is 472 g/mol. The standard InChI is InChI=1S/C25H21ClF4N2O2/c26-19-11-12-21(31-15-19)24(32-22(33)17-9-10-17,14-16-5-2-1-3-6-16)18-7-4-8-20(13-18)34-25(29,30)23(27)28/h1-8,11-13,15,17,23H,9-10,14H2,(H,32,33). The number of alkyl halides is 4. The van der Waals surface area contributed by atoms with Gasteiger partial charge < -0.3 is 10.1 Å². The molecule has 4 rings (SSSR count). The average Bonchev–Trinajstić information content (AvgIpc) is 3.65. The first kappa shape index (κ1) is 24.0. The summed E-state index contributed by atoms with van der Waals surface area (Å²) in [6.45, 7) is 0. The fraction of sp³-hybridized carbons (Fsp3) is 0.280. The van der Waals surface area contributed by atoms with Gasteiger partial charge in [-0.2, -0.15) is 17.6 Å². The summed E-state index contributed by atoms with van der Waals surface area (Å²) in [5.41, 5.74) is 0.292. The Morgan fingerprint density at radius 1 is 1.09 bits per heavy atom. The lowest BCUT2D eigenvalue weighted by Crippen LogP contribution is -2.49. The summed E-state index contributed by atoms with van der Waals surface area (Å²) in [5, 5.41) is 3.44. The van der Waals surface area contributed by atoms with Crippen LogP contribution < -0.4 is 10.1 Å². The fourth-order valence-corrected chi connectivity index (χ4v) is 3.85. The van der Waals surface area contributed by atoms with Gasteiger partial charge in [0.1, 0.15) is 11.3 Å². The lowest BCUT2D eigenvalue weighted by molar-refractivity contribution is -0.253. The smallest absolute Gasteiger partial charge is 0.428 e. The molecule has 1 N–H and O–H groups in total. The second-order valence-electron chi connectivity index (χ2n) is 8.19. The van der Waals surface area contributed by atoms with Crippen molar-refractivity contribution in [2.24, 2.45) is 5.92 Å². The maximum absolute atomic E-state index is 13.6. The Bertz CT molecular complexity index is 1140. The van der Waals surface area contributed by atoms with E-state index in [0.717, 1.165) is 24.5 Å². The lowest BCUT2D eigenvalue weighted by atomic mass is 9.80. The zero-order chi connectivity index (χ0) is 24.3. The van der Waals surface area contributed by atoms with E-state index in [1.165, 1.54) is 18.3 Å². The van der Waals surface area contributed by atoms with Crippen molar-refractivity contribution >= 4 is 17.5 Å². The number of halogens is 5. The Labute approximate surface area is 198 Å². The van der Waals surface area contributed by atoms with Crippen LogP contribution in [0.15, 0.2) is 72.9 Å². The Hall–Kier alpha value is -3.13. The predicted molar refractivity (Wildman–Crippen MR) is 119 cm³/mol. The number of nitrogens with zero attached hydrogens (tertiary/aromatic N) is 1. The Morgan fingerprint density at radius 2 is 1.82 bits per heavy atom. The number of carbonyl (C=O) groups is 1. The maximum Gasteiger partial charge on any atom is 0.461 e. The van der Waals surface area contributed by atoms with Crippen LogP contribution in [0.25, 0.3) is 0 Å². The third kappa shape index (κ3) is 5.33. The number of pyridine rings is 1. The largest absolute Gasteiger partial charge is 0.461 e. The minimum absolute atomic E-state index is 0.162. The highest BCUT2D eigenvalue weighted by atomic mass is 35.5. The number of rotatable bonds is 9. The molecule has 0 spiro atoms. The quantitative estimate of drug-likeness (QED) is 0.374. The van der Waals surface area contributed by atoms with Gasteiger partial charge in [0, 0.05) is 18.5 Å². The molecule has 1 aromatic heterocycles. The van der Waals surface area contributed by atoms with Crippen LogP contribution in [0.4, 0.5) is 17.6 Å².